The summed E-state index contributed by atoms with van der Waals surface area (Å²) < 4.78 is 0. The molecule has 1 fully saturated rings. The van der Waals surface area contributed by atoms with Crippen molar-refractivity contribution in [1.82, 2.24) is 9.97 Å². The first-order valence-corrected chi connectivity index (χ1v) is 8.60. The van der Waals surface area contributed by atoms with Gasteiger partial charge in [-0.1, -0.05) is 0 Å². The summed E-state index contributed by atoms with van der Waals surface area (Å²) in [6, 6.07) is 3.69. The van der Waals surface area contributed by atoms with Gasteiger partial charge in [-0.05, 0) is 38.3 Å². The maximum atomic E-state index is 11.4. The predicted octanol–water partition coefficient (Wildman–Crippen LogP) is 1.36. The first-order chi connectivity index (χ1) is 11.0. The van der Waals surface area contributed by atoms with E-state index in [9.17, 15) is 9.90 Å². The summed E-state index contributed by atoms with van der Waals surface area (Å²) in [5.41, 5.74) is 8.54. The number of rotatable bonds is 3. The van der Waals surface area contributed by atoms with Crippen LogP contribution in [0.5, 0.6) is 0 Å². The Hall–Kier alpha value is -1.99. The van der Waals surface area contributed by atoms with Crippen LogP contribution in [0.4, 0.5) is 5.95 Å². The lowest BCUT2D eigenvalue weighted by atomic mass is 10.0. The standard InChI is InChI=1S/C16H18N4O2S/c1-8-11(21)7-20(8)16-18-10-4-2-3-9(10)14(19-16)12-5-6-13(23-12)15(17)22/h5-6,8,11,21H,2-4,7H2,1H3,(H2,17,22)/t8-,11+/m0/s1. The van der Waals surface area contributed by atoms with Gasteiger partial charge in [0.1, 0.15) is 0 Å². The third-order valence-corrected chi connectivity index (χ3v) is 5.80. The van der Waals surface area contributed by atoms with Crippen molar-refractivity contribution >= 4 is 23.2 Å². The summed E-state index contributed by atoms with van der Waals surface area (Å²) in [5, 5.41) is 9.75. The van der Waals surface area contributed by atoms with Crippen LogP contribution in [-0.4, -0.2) is 39.7 Å². The molecule has 1 aliphatic carbocycles. The van der Waals surface area contributed by atoms with Crippen molar-refractivity contribution in [3.05, 3.63) is 28.3 Å². The van der Waals surface area contributed by atoms with E-state index in [1.54, 1.807) is 6.07 Å². The summed E-state index contributed by atoms with van der Waals surface area (Å²) in [6.07, 6.45) is 2.68. The Morgan fingerprint density at radius 2 is 2.22 bits per heavy atom. The van der Waals surface area contributed by atoms with Crippen LogP contribution in [0.3, 0.4) is 0 Å². The predicted molar refractivity (Wildman–Crippen MR) is 88.7 cm³/mol. The van der Waals surface area contributed by atoms with Crippen molar-refractivity contribution in [1.29, 1.82) is 0 Å². The molecule has 0 saturated carbocycles. The molecule has 3 heterocycles. The number of primary amides is 1. The van der Waals surface area contributed by atoms with Crippen LogP contribution in [-0.2, 0) is 12.8 Å². The third-order valence-electron chi connectivity index (χ3n) is 4.69. The van der Waals surface area contributed by atoms with Crippen LogP contribution in [0, 0.1) is 0 Å². The molecule has 1 amide bonds. The van der Waals surface area contributed by atoms with Crippen molar-refractivity contribution in [3.8, 4) is 10.6 Å². The zero-order valence-electron chi connectivity index (χ0n) is 12.8. The molecule has 0 spiro atoms. The number of thiophene rings is 1. The minimum Gasteiger partial charge on any atom is -0.389 e. The molecule has 1 saturated heterocycles. The van der Waals surface area contributed by atoms with E-state index >= 15 is 0 Å². The number of aryl methyl sites for hydroxylation is 1. The number of anilines is 1. The van der Waals surface area contributed by atoms with Gasteiger partial charge in [-0.2, -0.15) is 0 Å². The van der Waals surface area contributed by atoms with Crippen LogP contribution in [0.2, 0.25) is 0 Å². The normalized spacial score (nSPS) is 22.8. The maximum absolute atomic E-state index is 11.4. The van der Waals surface area contributed by atoms with E-state index in [-0.39, 0.29) is 12.1 Å². The SMILES string of the molecule is C[C@H]1[C@H](O)CN1c1nc2c(c(-c3ccc(C(N)=O)s3)n1)CCC2. The second kappa shape index (κ2) is 5.28. The Kier molecular flexibility index (Phi) is 3.35. The van der Waals surface area contributed by atoms with Gasteiger partial charge in [0, 0.05) is 17.8 Å². The summed E-state index contributed by atoms with van der Waals surface area (Å²) >= 11 is 1.37. The molecule has 0 aromatic carbocycles. The van der Waals surface area contributed by atoms with Gasteiger partial charge in [-0.3, -0.25) is 4.79 Å². The lowest BCUT2D eigenvalue weighted by Crippen LogP contribution is -2.59. The number of β-amino-alcohol motifs (C(OH)–C–C–N with tert-alkyl or cyclic N) is 1. The Balaban J connectivity index is 1.78. The van der Waals surface area contributed by atoms with Crippen molar-refractivity contribution in [3.63, 3.8) is 0 Å². The molecule has 0 bridgehead atoms. The number of amides is 1. The average molecular weight is 330 g/mol. The zero-order chi connectivity index (χ0) is 16.1. The highest BCUT2D eigenvalue weighted by Crippen LogP contribution is 2.36. The summed E-state index contributed by atoms with van der Waals surface area (Å²) in [6.45, 7) is 2.54. The molecule has 6 nitrogen and oxygen atoms in total. The van der Waals surface area contributed by atoms with E-state index < -0.39 is 5.91 Å². The van der Waals surface area contributed by atoms with Gasteiger partial charge in [0.2, 0.25) is 5.95 Å². The topological polar surface area (TPSA) is 92.3 Å². The third kappa shape index (κ3) is 2.31. The number of fused-ring (bicyclic) bond motifs is 1. The Morgan fingerprint density at radius 1 is 1.39 bits per heavy atom. The average Bonchev–Trinajstić information content (AvgIpc) is 3.19. The molecule has 4 rings (SSSR count). The Morgan fingerprint density at radius 3 is 2.87 bits per heavy atom. The molecular formula is C16H18N4O2S. The van der Waals surface area contributed by atoms with Crippen molar-refractivity contribution in [2.24, 2.45) is 5.73 Å². The fraction of sp³-hybridized carbons (Fsp3) is 0.438. The molecule has 3 N–H and O–H groups in total. The lowest BCUT2D eigenvalue weighted by molar-refractivity contribution is 0.0978. The number of aliphatic hydroxyl groups excluding tert-OH is 1. The molecule has 1 aliphatic heterocycles. The van der Waals surface area contributed by atoms with Gasteiger partial charge < -0.3 is 15.7 Å². The smallest absolute Gasteiger partial charge is 0.258 e. The molecule has 0 unspecified atom stereocenters. The van der Waals surface area contributed by atoms with Gasteiger partial charge in [-0.15, -0.1) is 11.3 Å². The van der Waals surface area contributed by atoms with E-state index in [2.05, 4.69) is 0 Å². The van der Waals surface area contributed by atoms with Gasteiger partial charge in [-0.25, -0.2) is 9.97 Å². The van der Waals surface area contributed by atoms with Crippen molar-refractivity contribution < 1.29 is 9.90 Å². The highest BCUT2D eigenvalue weighted by molar-refractivity contribution is 7.17. The van der Waals surface area contributed by atoms with Crippen LogP contribution in [0.1, 0.15) is 34.3 Å². The molecule has 2 atom stereocenters. The first-order valence-electron chi connectivity index (χ1n) is 7.79. The monoisotopic (exact) mass is 330 g/mol. The van der Waals surface area contributed by atoms with E-state index in [1.807, 2.05) is 17.9 Å². The van der Waals surface area contributed by atoms with E-state index in [4.69, 9.17) is 15.7 Å². The molecule has 120 valence electrons. The Labute approximate surface area is 138 Å². The number of aromatic nitrogens is 2. The maximum Gasteiger partial charge on any atom is 0.258 e. The van der Waals surface area contributed by atoms with E-state index in [1.165, 1.54) is 16.9 Å². The minimum atomic E-state index is -0.410. The number of nitrogens with zero attached hydrogens (tertiary/aromatic N) is 3. The fourth-order valence-electron chi connectivity index (χ4n) is 3.20. The molecule has 7 heteroatoms. The second-order valence-corrected chi connectivity index (χ2v) is 7.22. The summed E-state index contributed by atoms with van der Waals surface area (Å²) in [5.74, 6) is 0.263. The molecule has 23 heavy (non-hydrogen) atoms. The second-order valence-electron chi connectivity index (χ2n) is 6.14. The molecule has 2 aliphatic rings. The molecule has 2 aromatic rings. The number of hydrogen-bond acceptors (Lipinski definition) is 6. The molecular weight excluding hydrogens is 312 g/mol. The summed E-state index contributed by atoms with van der Waals surface area (Å²) in [4.78, 5) is 24.3. The summed E-state index contributed by atoms with van der Waals surface area (Å²) in [7, 11) is 0. The van der Waals surface area contributed by atoms with Gasteiger partial charge in [0.25, 0.3) is 5.91 Å². The number of carbonyl (C=O) groups excluding carboxylic acids is 1. The Bertz CT molecular complexity index is 788. The number of carbonyl (C=O) groups is 1. The highest BCUT2D eigenvalue weighted by atomic mass is 32.1. The van der Waals surface area contributed by atoms with Gasteiger partial charge in [0.15, 0.2) is 0 Å². The van der Waals surface area contributed by atoms with Crippen molar-refractivity contribution in [2.75, 3.05) is 11.4 Å². The van der Waals surface area contributed by atoms with Crippen LogP contribution < -0.4 is 10.6 Å². The lowest BCUT2D eigenvalue weighted by Gasteiger charge is -2.43. The first kappa shape index (κ1) is 14.6. The van der Waals surface area contributed by atoms with Crippen LogP contribution in [0.15, 0.2) is 12.1 Å². The van der Waals surface area contributed by atoms with Crippen LogP contribution >= 0.6 is 11.3 Å². The molecule has 0 radical (unpaired) electrons. The number of hydrogen-bond donors (Lipinski definition) is 2. The van der Waals surface area contributed by atoms with Gasteiger partial charge >= 0.3 is 0 Å². The largest absolute Gasteiger partial charge is 0.389 e. The van der Waals surface area contributed by atoms with E-state index in [0.717, 1.165) is 35.5 Å². The van der Waals surface area contributed by atoms with Gasteiger partial charge in [0.05, 0.1) is 27.6 Å². The quantitative estimate of drug-likeness (QED) is 0.886. The molecule has 2 aromatic heterocycles. The van der Waals surface area contributed by atoms with Crippen LogP contribution in [0.25, 0.3) is 10.6 Å². The van der Waals surface area contributed by atoms with E-state index in [0.29, 0.717) is 17.4 Å². The van der Waals surface area contributed by atoms with Crippen molar-refractivity contribution in [2.45, 2.75) is 38.3 Å². The minimum absolute atomic E-state index is 0.0341. The number of aliphatic hydroxyl groups is 1. The number of nitrogens with two attached hydrogens (primary N) is 1. The zero-order valence-corrected chi connectivity index (χ0v) is 13.6. The highest BCUT2D eigenvalue weighted by Gasteiger charge is 2.36. The fourth-order valence-corrected chi connectivity index (χ4v) is 4.08.